The van der Waals surface area contributed by atoms with Gasteiger partial charge in [0.2, 0.25) is 0 Å². The van der Waals surface area contributed by atoms with Gasteiger partial charge >= 0.3 is 5.97 Å². The summed E-state index contributed by atoms with van der Waals surface area (Å²) in [5.41, 5.74) is -1.49. The Morgan fingerprint density at radius 2 is 2.33 bits per heavy atom. The Hall–Kier alpha value is -0.690. The summed E-state index contributed by atoms with van der Waals surface area (Å²) >= 11 is 0. The molecule has 0 saturated carbocycles. The second-order valence-electron chi connectivity index (χ2n) is 5.30. The summed E-state index contributed by atoms with van der Waals surface area (Å²) in [6.07, 6.45) is -1.21. The molecule has 2 saturated heterocycles. The van der Waals surface area contributed by atoms with Crippen molar-refractivity contribution >= 4 is 5.97 Å². The van der Waals surface area contributed by atoms with E-state index in [4.69, 9.17) is 9.47 Å². The number of esters is 1. The Labute approximate surface area is 106 Å². The normalized spacial score (nSPS) is 35.2. The first-order valence-electron chi connectivity index (χ1n) is 6.36. The number of hydrogen-bond acceptors (Lipinski definition) is 6. The van der Waals surface area contributed by atoms with Gasteiger partial charge in [-0.3, -0.25) is 0 Å². The molecule has 0 radical (unpaired) electrons. The summed E-state index contributed by atoms with van der Waals surface area (Å²) in [4.78, 5) is 11.4. The highest BCUT2D eigenvalue weighted by Crippen LogP contribution is 2.33. The zero-order chi connectivity index (χ0) is 13.3. The van der Waals surface area contributed by atoms with Crippen LogP contribution < -0.4 is 5.32 Å². The molecule has 0 bridgehead atoms. The van der Waals surface area contributed by atoms with Crippen LogP contribution in [0.5, 0.6) is 0 Å². The third-order valence-corrected chi connectivity index (χ3v) is 3.80. The highest BCUT2D eigenvalue weighted by atomic mass is 16.5. The van der Waals surface area contributed by atoms with E-state index in [2.05, 4.69) is 5.32 Å². The first kappa shape index (κ1) is 13.7. The summed E-state index contributed by atoms with van der Waals surface area (Å²) in [6.45, 7) is 4.68. The van der Waals surface area contributed by atoms with E-state index in [9.17, 15) is 15.0 Å². The number of rotatable bonds is 5. The Morgan fingerprint density at radius 3 is 2.94 bits per heavy atom. The highest BCUT2D eigenvalue weighted by molar-refractivity contribution is 5.75. The second-order valence-corrected chi connectivity index (χ2v) is 5.30. The average molecular weight is 259 g/mol. The van der Waals surface area contributed by atoms with Crippen LogP contribution in [-0.2, 0) is 14.3 Å². The fourth-order valence-corrected chi connectivity index (χ4v) is 2.66. The van der Waals surface area contributed by atoms with Crippen molar-refractivity contribution in [1.82, 2.24) is 5.32 Å². The number of aliphatic hydroxyl groups is 2. The minimum Gasteiger partial charge on any atom is -0.464 e. The van der Waals surface area contributed by atoms with E-state index in [1.807, 2.05) is 0 Å². The molecule has 5 unspecified atom stereocenters. The SMILES string of the molecule is CCOC(=O)C(O)C(C)(O)CC1NC2COCC21. The summed E-state index contributed by atoms with van der Waals surface area (Å²) < 4.78 is 10.0. The molecule has 0 spiro atoms. The van der Waals surface area contributed by atoms with Crippen LogP contribution in [0.25, 0.3) is 0 Å². The Balaban J connectivity index is 1.88. The predicted molar refractivity (Wildman–Crippen MR) is 62.9 cm³/mol. The van der Waals surface area contributed by atoms with Crippen LogP contribution in [0, 0.1) is 5.92 Å². The van der Waals surface area contributed by atoms with E-state index >= 15 is 0 Å². The van der Waals surface area contributed by atoms with Crippen LogP contribution in [0.4, 0.5) is 0 Å². The van der Waals surface area contributed by atoms with Gasteiger partial charge in [0.1, 0.15) is 5.60 Å². The molecule has 5 atom stereocenters. The molecule has 6 heteroatoms. The third kappa shape index (κ3) is 2.51. The van der Waals surface area contributed by atoms with Gasteiger partial charge in [-0.25, -0.2) is 4.79 Å². The van der Waals surface area contributed by atoms with Gasteiger partial charge in [0.25, 0.3) is 0 Å². The number of fused-ring (bicyclic) bond motifs is 1. The molecule has 2 rings (SSSR count). The fourth-order valence-electron chi connectivity index (χ4n) is 2.66. The van der Waals surface area contributed by atoms with Gasteiger partial charge in [0.05, 0.1) is 19.8 Å². The molecule has 104 valence electrons. The minimum atomic E-state index is -1.51. The van der Waals surface area contributed by atoms with Gasteiger partial charge in [-0.05, 0) is 20.3 Å². The largest absolute Gasteiger partial charge is 0.464 e. The van der Waals surface area contributed by atoms with Gasteiger partial charge < -0.3 is 25.0 Å². The molecule has 0 aromatic rings. The maximum Gasteiger partial charge on any atom is 0.337 e. The maximum absolute atomic E-state index is 11.4. The molecule has 3 N–H and O–H groups in total. The van der Waals surface area contributed by atoms with Crippen molar-refractivity contribution in [2.45, 2.75) is 44.1 Å². The van der Waals surface area contributed by atoms with Crippen molar-refractivity contribution in [2.75, 3.05) is 19.8 Å². The number of aliphatic hydroxyl groups excluding tert-OH is 1. The van der Waals surface area contributed by atoms with Crippen LogP contribution in [0.15, 0.2) is 0 Å². The van der Waals surface area contributed by atoms with E-state index in [1.54, 1.807) is 6.92 Å². The quantitative estimate of drug-likeness (QED) is 0.551. The summed E-state index contributed by atoms with van der Waals surface area (Å²) in [5.74, 6) is -0.410. The molecule has 2 aliphatic rings. The first-order chi connectivity index (χ1) is 8.45. The average Bonchev–Trinajstić information content (AvgIpc) is 2.67. The monoisotopic (exact) mass is 259 g/mol. The number of carbonyl (C=O) groups excluding carboxylic acids is 1. The Morgan fingerprint density at radius 1 is 1.61 bits per heavy atom. The summed E-state index contributed by atoms with van der Waals surface area (Å²) in [6, 6.07) is 0.433. The van der Waals surface area contributed by atoms with Crippen LogP contribution in [-0.4, -0.2) is 59.8 Å². The summed E-state index contributed by atoms with van der Waals surface area (Å²) in [7, 11) is 0. The van der Waals surface area contributed by atoms with Crippen molar-refractivity contribution in [3.8, 4) is 0 Å². The molecule has 0 aliphatic carbocycles. The smallest absolute Gasteiger partial charge is 0.337 e. The molecular weight excluding hydrogens is 238 g/mol. The van der Waals surface area contributed by atoms with E-state index in [-0.39, 0.29) is 12.6 Å². The van der Waals surface area contributed by atoms with Crippen LogP contribution >= 0.6 is 0 Å². The summed E-state index contributed by atoms with van der Waals surface area (Å²) in [5, 5.41) is 23.3. The lowest BCUT2D eigenvalue weighted by Gasteiger charge is -2.44. The van der Waals surface area contributed by atoms with Crippen LogP contribution in [0.3, 0.4) is 0 Å². The second kappa shape index (κ2) is 5.13. The lowest BCUT2D eigenvalue weighted by atomic mass is 9.77. The molecule has 2 aliphatic heterocycles. The van der Waals surface area contributed by atoms with Gasteiger partial charge in [-0.1, -0.05) is 0 Å². The molecule has 0 amide bonds. The zero-order valence-electron chi connectivity index (χ0n) is 10.8. The number of nitrogens with one attached hydrogen (secondary N) is 1. The topological polar surface area (TPSA) is 88.0 Å². The number of ether oxygens (including phenoxy) is 2. The first-order valence-corrected chi connectivity index (χ1v) is 6.36. The van der Waals surface area contributed by atoms with E-state index in [0.29, 0.717) is 31.6 Å². The van der Waals surface area contributed by atoms with Crippen LogP contribution in [0.2, 0.25) is 0 Å². The van der Waals surface area contributed by atoms with Crippen molar-refractivity contribution in [1.29, 1.82) is 0 Å². The van der Waals surface area contributed by atoms with Crippen molar-refractivity contribution in [3.63, 3.8) is 0 Å². The Kier molecular flexibility index (Phi) is 3.91. The third-order valence-electron chi connectivity index (χ3n) is 3.80. The van der Waals surface area contributed by atoms with E-state index < -0.39 is 17.7 Å². The molecule has 6 nitrogen and oxygen atoms in total. The van der Waals surface area contributed by atoms with E-state index in [0.717, 1.165) is 0 Å². The highest BCUT2D eigenvalue weighted by Gasteiger charge is 2.49. The number of hydrogen-bond donors (Lipinski definition) is 3. The molecular formula is C12H21NO5. The van der Waals surface area contributed by atoms with Crippen molar-refractivity contribution < 1.29 is 24.5 Å². The zero-order valence-corrected chi connectivity index (χ0v) is 10.8. The van der Waals surface area contributed by atoms with Gasteiger partial charge in [0.15, 0.2) is 6.10 Å². The van der Waals surface area contributed by atoms with Gasteiger partial charge in [-0.15, -0.1) is 0 Å². The van der Waals surface area contributed by atoms with Crippen molar-refractivity contribution in [3.05, 3.63) is 0 Å². The fraction of sp³-hybridized carbons (Fsp3) is 0.917. The Bertz CT molecular complexity index is 320. The number of carbonyl (C=O) groups is 1. The maximum atomic E-state index is 11.4. The molecule has 0 aromatic carbocycles. The lowest BCUT2D eigenvalue weighted by Crippen LogP contribution is -2.64. The molecule has 2 heterocycles. The minimum absolute atomic E-state index is 0.0802. The predicted octanol–water partition coefficient (Wildman–Crippen LogP) is -0.962. The van der Waals surface area contributed by atoms with Crippen molar-refractivity contribution in [2.24, 2.45) is 5.92 Å². The molecule has 18 heavy (non-hydrogen) atoms. The van der Waals surface area contributed by atoms with Gasteiger partial charge in [0, 0.05) is 18.0 Å². The van der Waals surface area contributed by atoms with E-state index in [1.165, 1.54) is 6.92 Å². The molecule has 2 fully saturated rings. The molecule has 0 aromatic heterocycles. The van der Waals surface area contributed by atoms with Gasteiger partial charge in [-0.2, -0.15) is 0 Å². The van der Waals surface area contributed by atoms with Crippen LogP contribution in [0.1, 0.15) is 20.3 Å². The standard InChI is InChI=1S/C12H21NO5/c1-3-18-11(15)10(14)12(2,16)4-8-7-5-17-6-9(7)13-8/h7-10,13-14,16H,3-6H2,1-2H3. The lowest BCUT2D eigenvalue weighted by molar-refractivity contribution is -0.169.